The smallest absolute Gasteiger partial charge is 0.297 e. The van der Waals surface area contributed by atoms with Crippen molar-refractivity contribution < 1.29 is 4.42 Å². The van der Waals surface area contributed by atoms with Gasteiger partial charge in [0.15, 0.2) is 0 Å². The largest absolute Gasteiger partial charge is 0.468 e. The van der Waals surface area contributed by atoms with Crippen LogP contribution in [-0.2, 0) is 38.9 Å². The van der Waals surface area contributed by atoms with Crippen molar-refractivity contribution >= 4 is 85.5 Å². The van der Waals surface area contributed by atoms with Crippen LogP contribution in [0.5, 0.6) is 0 Å². The number of hydrogen-bond donors (Lipinski definition) is 0. The molecule has 0 saturated heterocycles. The number of anilines is 9. The zero-order valence-corrected chi connectivity index (χ0v) is 49.6. The van der Waals surface area contributed by atoms with Gasteiger partial charge in [-0.25, -0.2) is 0 Å². The van der Waals surface area contributed by atoms with E-state index < -0.39 is 0 Å². The molecule has 398 valence electrons. The molecule has 1 atom stereocenters. The summed E-state index contributed by atoms with van der Waals surface area (Å²) in [4.78, 5) is 7.88. The van der Waals surface area contributed by atoms with Gasteiger partial charge in [-0.05, 0) is 205 Å². The fraction of sp³-hybridized carbons (Fsp3) is 0.397. The van der Waals surface area contributed by atoms with Gasteiger partial charge in [0.05, 0.1) is 17.0 Å². The predicted octanol–water partition coefficient (Wildman–Crippen LogP) is 18.7. The van der Waals surface area contributed by atoms with E-state index in [1.165, 1.54) is 94.9 Å². The van der Waals surface area contributed by atoms with Gasteiger partial charge in [0.25, 0.3) is 6.71 Å². The van der Waals surface area contributed by atoms with E-state index in [-0.39, 0.29) is 39.2 Å². The average Bonchev–Trinajstić information content (AvgIpc) is 3.44. The minimum Gasteiger partial charge on any atom is -0.468 e. The molecule has 2 aliphatic heterocycles. The Morgan fingerprint density at radius 2 is 1.05 bits per heavy atom. The normalized spacial score (nSPS) is 19.2. The summed E-state index contributed by atoms with van der Waals surface area (Å²) in [5.41, 5.74) is 26.8. The Morgan fingerprint density at radius 1 is 0.500 bits per heavy atom. The summed E-state index contributed by atoms with van der Waals surface area (Å²) in [5.74, 6) is 0.415. The van der Waals surface area contributed by atoms with Crippen molar-refractivity contribution in [2.75, 3.05) is 14.7 Å². The van der Waals surface area contributed by atoms with Crippen molar-refractivity contribution in [3.8, 4) is 0 Å². The molecule has 3 aliphatic carbocycles. The maximum atomic E-state index is 7.66. The quantitative estimate of drug-likeness (QED) is 0.127. The number of aryl methyl sites for hydroxylation is 1. The first-order valence-electron chi connectivity index (χ1n) is 29.7. The predicted molar refractivity (Wildman–Crippen MR) is 334 cm³/mol. The number of fused-ring (bicyclic) bond motifs is 9. The molecule has 0 saturated carbocycles. The molecule has 0 fully saturated rings. The van der Waals surface area contributed by atoms with E-state index in [0.717, 1.165) is 73.3 Å². The van der Waals surface area contributed by atoms with Crippen molar-refractivity contribution in [1.82, 2.24) is 0 Å². The van der Waals surface area contributed by atoms with E-state index >= 15 is 0 Å². The first-order valence-corrected chi connectivity index (χ1v) is 29.7. The van der Waals surface area contributed by atoms with E-state index in [1.54, 1.807) is 0 Å². The minimum atomic E-state index is -0.178. The third-order valence-electron chi connectivity index (χ3n) is 19.6. The molecule has 4 nitrogen and oxygen atoms in total. The first-order chi connectivity index (χ1) is 36.9. The van der Waals surface area contributed by atoms with Crippen LogP contribution in [0.3, 0.4) is 0 Å². The molecule has 5 heteroatoms. The number of hydrogen-bond acceptors (Lipinski definition) is 4. The van der Waals surface area contributed by atoms with Gasteiger partial charge in [-0.15, -0.1) is 0 Å². The molecular formula is C73H82BN3O. The lowest BCUT2D eigenvalue weighted by atomic mass is 9.35. The number of furan rings is 1. The van der Waals surface area contributed by atoms with Gasteiger partial charge < -0.3 is 19.1 Å². The summed E-state index contributed by atoms with van der Waals surface area (Å²) in [6.07, 6.45) is 7.69. The van der Waals surface area contributed by atoms with Crippen LogP contribution in [-0.4, -0.2) is 6.71 Å². The molecule has 0 spiro atoms. The molecular weight excluding hydrogens is 946 g/mol. The highest BCUT2D eigenvalue weighted by Gasteiger charge is 2.52. The van der Waals surface area contributed by atoms with Crippen LogP contribution in [0.1, 0.15) is 193 Å². The molecule has 8 aromatic rings. The number of para-hydroxylation sites is 1. The second kappa shape index (κ2) is 17.3. The standard InChI is InChI=1S/C73H82BN3O/c1-16-22-45(3)47-28-33-64-53(35-47)66-67(78-64)74-60-40-58-59(73(14,15)44-72(58,12)13)41-61(60)76(50-29-31-54-56(36-50)70(8,9)42-68(54,4)5)62-38-52(75(48-25-19-18-20-26-48)49-27-21-24-46(34-49)23-17-2)39-63(65(62)74)77(66)51-30-32-55-57(37-51)71(10,11)43-69(55,6)7/h18-21,24-41,45H,16-17,22-23,42-44H2,1-15H3. The molecule has 0 amide bonds. The summed E-state index contributed by atoms with van der Waals surface area (Å²) < 4.78 is 7.66. The van der Waals surface area contributed by atoms with E-state index in [4.69, 9.17) is 4.42 Å². The van der Waals surface area contributed by atoms with Crippen molar-refractivity contribution in [1.29, 1.82) is 0 Å². The lowest BCUT2D eigenvalue weighted by Gasteiger charge is -2.44. The molecule has 13 rings (SSSR count). The lowest BCUT2D eigenvalue weighted by Crippen LogP contribution is -2.61. The van der Waals surface area contributed by atoms with E-state index in [1.807, 2.05) is 0 Å². The topological polar surface area (TPSA) is 22.9 Å². The summed E-state index contributed by atoms with van der Waals surface area (Å²) in [6, 6.07) is 52.9. The van der Waals surface area contributed by atoms with Gasteiger partial charge in [0, 0.05) is 45.2 Å². The molecule has 0 N–H and O–H groups in total. The van der Waals surface area contributed by atoms with Crippen LogP contribution in [0.2, 0.25) is 0 Å². The minimum absolute atomic E-state index is 0.00128. The monoisotopic (exact) mass is 1030 g/mol. The molecule has 1 aromatic heterocycles. The van der Waals surface area contributed by atoms with Crippen molar-refractivity contribution in [3.63, 3.8) is 0 Å². The van der Waals surface area contributed by atoms with Gasteiger partial charge in [0.1, 0.15) is 5.58 Å². The van der Waals surface area contributed by atoms with E-state index in [0.29, 0.717) is 5.92 Å². The maximum absolute atomic E-state index is 7.66. The Morgan fingerprint density at radius 3 is 1.65 bits per heavy atom. The summed E-state index contributed by atoms with van der Waals surface area (Å²) in [6.45, 7) is 36.3. The highest BCUT2D eigenvalue weighted by Crippen LogP contribution is 2.57. The van der Waals surface area contributed by atoms with Gasteiger partial charge in [-0.2, -0.15) is 0 Å². The van der Waals surface area contributed by atoms with Crippen molar-refractivity contribution in [2.24, 2.45) is 0 Å². The Balaban J connectivity index is 1.20. The second-order valence-electron chi connectivity index (χ2n) is 28.6. The van der Waals surface area contributed by atoms with Crippen LogP contribution >= 0.6 is 0 Å². The Hall–Kier alpha value is -6.46. The molecule has 3 heterocycles. The lowest BCUT2D eigenvalue weighted by molar-refractivity contribution is 0.402. The molecule has 7 aromatic carbocycles. The van der Waals surface area contributed by atoms with Crippen LogP contribution in [0.25, 0.3) is 11.0 Å². The van der Waals surface area contributed by atoms with Gasteiger partial charge in [-0.1, -0.05) is 171 Å². The average molecular weight is 1030 g/mol. The zero-order chi connectivity index (χ0) is 54.8. The Kier molecular flexibility index (Phi) is 11.3. The molecule has 0 radical (unpaired) electrons. The third-order valence-corrected chi connectivity index (χ3v) is 19.6. The summed E-state index contributed by atoms with van der Waals surface area (Å²) in [7, 11) is 0. The number of rotatable bonds is 10. The summed E-state index contributed by atoms with van der Waals surface area (Å²) in [5, 5.41) is 1.19. The van der Waals surface area contributed by atoms with Gasteiger partial charge >= 0.3 is 0 Å². The SMILES string of the molecule is CCCc1cccc(N(c2ccccc2)c2cc3c4c(c2)N(c2ccc5c(c2)C(C)(C)CC5(C)C)c2c(oc5ccc(C(C)CCC)cc25)B4c2cc4c(cc2N3c2ccc3c(c2)C(C)(C)CC3(C)C)C(C)(C)CC4(C)C)c1. The highest BCUT2D eigenvalue weighted by molar-refractivity contribution is 7.00. The molecule has 1 unspecified atom stereocenters. The number of nitrogens with zero attached hydrogens (tertiary/aromatic N) is 3. The van der Waals surface area contributed by atoms with E-state index in [2.05, 4.69) is 252 Å². The van der Waals surface area contributed by atoms with Gasteiger partial charge in [-0.3, -0.25) is 0 Å². The third kappa shape index (κ3) is 7.66. The maximum Gasteiger partial charge on any atom is 0.297 e. The second-order valence-corrected chi connectivity index (χ2v) is 28.6. The van der Waals surface area contributed by atoms with Crippen LogP contribution in [0.4, 0.5) is 51.2 Å². The Bertz CT molecular complexity index is 3750. The zero-order valence-electron chi connectivity index (χ0n) is 49.6. The highest BCUT2D eigenvalue weighted by atomic mass is 16.3. The van der Waals surface area contributed by atoms with Crippen LogP contribution in [0, 0.1) is 0 Å². The molecule has 5 aliphatic rings. The fourth-order valence-electron chi connectivity index (χ4n) is 16.9. The van der Waals surface area contributed by atoms with Crippen molar-refractivity contribution in [3.05, 3.63) is 178 Å². The fourth-order valence-corrected chi connectivity index (χ4v) is 16.9. The van der Waals surface area contributed by atoms with Crippen LogP contribution in [0.15, 0.2) is 138 Å². The summed E-state index contributed by atoms with van der Waals surface area (Å²) >= 11 is 0. The van der Waals surface area contributed by atoms with E-state index in [9.17, 15) is 0 Å². The van der Waals surface area contributed by atoms with Crippen LogP contribution < -0.4 is 31.3 Å². The first kappa shape index (κ1) is 51.0. The molecule has 78 heavy (non-hydrogen) atoms. The van der Waals surface area contributed by atoms with Gasteiger partial charge in [0.2, 0.25) is 0 Å². The van der Waals surface area contributed by atoms with Crippen molar-refractivity contribution in [2.45, 2.75) is 187 Å². The molecule has 0 bridgehead atoms. The Labute approximate surface area is 467 Å². The number of benzene rings is 7.